The van der Waals surface area contributed by atoms with Crippen LogP contribution in [0.3, 0.4) is 0 Å². The molecule has 0 aliphatic rings. The first-order chi connectivity index (χ1) is 7.76. The number of rotatable bonds is 4. The molecule has 104 valence electrons. The van der Waals surface area contributed by atoms with Crippen LogP contribution in [0.15, 0.2) is 6.07 Å². The van der Waals surface area contributed by atoms with Gasteiger partial charge in [-0.1, -0.05) is 13.8 Å². The fourth-order valence-electron chi connectivity index (χ4n) is 1.64. The average molecular weight is 275 g/mol. The molecule has 0 spiro atoms. The normalized spacial score (nSPS) is 11.0. The van der Waals surface area contributed by atoms with Crippen molar-refractivity contribution < 1.29 is 4.79 Å². The average Bonchev–Trinajstić information content (AvgIpc) is 2.57. The summed E-state index contributed by atoms with van der Waals surface area (Å²) in [5.74, 6) is -0.0600. The summed E-state index contributed by atoms with van der Waals surface area (Å²) in [4.78, 5) is 13.8. The van der Waals surface area contributed by atoms with Gasteiger partial charge in [0.1, 0.15) is 0 Å². The summed E-state index contributed by atoms with van der Waals surface area (Å²) >= 11 is 0. The van der Waals surface area contributed by atoms with E-state index >= 15 is 0 Å². The first-order valence-corrected chi connectivity index (χ1v) is 5.73. The second-order valence-electron chi connectivity index (χ2n) is 5.32. The van der Waals surface area contributed by atoms with Gasteiger partial charge < -0.3 is 10.6 Å². The van der Waals surface area contributed by atoms with E-state index in [-0.39, 0.29) is 23.7 Å². The lowest BCUT2D eigenvalue weighted by atomic mass is 9.93. The van der Waals surface area contributed by atoms with E-state index in [0.717, 1.165) is 5.69 Å². The van der Waals surface area contributed by atoms with E-state index in [2.05, 4.69) is 5.10 Å². The lowest BCUT2D eigenvalue weighted by Gasteiger charge is -2.28. The number of amides is 1. The molecule has 1 aromatic heterocycles. The molecule has 0 saturated carbocycles. The smallest absolute Gasteiger partial charge is 0.274 e. The number of aryl methyl sites for hydroxylation is 2. The molecule has 1 aromatic rings. The van der Waals surface area contributed by atoms with Gasteiger partial charge in [-0.3, -0.25) is 9.48 Å². The molecule has 0 fully saturated rings. The Hall–Kier alpha value is -1.07. The highest BCUT2D eigenvalue weighted by molar-refractivity contribution is 5.92. The largest absolute Gasteiger partial charge is 0.340 e. The molecule has 1 amide bonds. The number of hydrogen-bond acceptors (Lipinski definition) is 3. The summed E-state index contributed by atoms with van der Waals surface area (Å²) in [6.45, 7) is 7.18. The van der Waals surface area contributed by atoms with Crippen molar-refractivity contribution in [3.63, 3.8) is 0 Å². The monoisotopic (exact) mass is 274 g/mol. The van der Waals surface area contributed by atoms with E-state index in [1.165, 1.54) is 0 Å². The van der Waals surface area contributed by atoms with Crippen molar-refractivity contribution in [3.8, 4) is 0 Å². The Balaban J connectivity index is 0.00000289. The molecule has 0 aliphatic heterocycles. The van der Waals surface area contributed by atoms with Crippen molar-refractivity contribution >= 4 is 18.3 Å². The van der Waals surface area contributed by atoms with Gasteiger partial charge in [0, 0.05) is 26.3 Å². The number of carbonyl (C=O) groups excluding carboxylic acids is 1. The van der Waals surface area contributed by atoms with Gasteiger partial charge in [-0.25, -0.2) is 0 Å². The van der Waals surface area contributed by atoms with Crippen LogP contribution in [0.25, 0.3) is 0 Å². The van der Waals surface area contributed by atoms with Crippen molar-refractivity contribution in [1.29, 1.82) is 0 Å². The molecule has 0 aromatic carbocycles. The molecule has 0 atom stereocenters. The lowest BCUT2D eigenvalue weighted by molar-refractivity contribution is 0.0734. The predicted octanol–water partition coefficient (Wildman–Crippen LogP) is 1.21. The van der Waals surface area contributed by atoms with Crippen LogP contribution >= 0.6 is 12.4 Å². The molecule has 0 radical (unpaired) electrons. The highest BCUT2D eigenvalue weighted by atomic mass is 35.5. The van der Waals surface area contributed by atoms with Gasteiger partial charge >= 0.3 is 0 Å². The lowest BCUT2D eigenvalue weighted by Crippen LogP contribution is -2.39. The highest BCUT2D eigenvalue weighted by Gasteiger charge is 2.23. The van der Waals surface area contributed by atoms with E-state index in [1.807, 2.05) is 27.8 Å². The Labute approximate surface area is 115 Å². The standard InChI is InChI=1S/C12H22N4O.ClH/c1-9-6-10(14-16(9)5)11(17)15(4)8-12(2,3)7-13;/h6H,7-8,13H2,1-5H3;1H. The molecule has 2 N–H and O–H groups in total. The summed E-state index contributed by atoms with van der Waals surface area (Å²) in [6, 6.07) is 1.80. The van der Waals surface area contributed by atoms with Crippen LogP contribution in [0.4, 0.5) is 0 Å². The fourth-order valence-corrected chi connectivity index (χ4v) is 1.64. The third kappa shape index (κ3) is 3.99. The molecule has 0 aliphatic carbocycles. The molecular weight excluding hydrogens is 252 g/mol. The van der Waals surface area contributed by atoms with E-state index in [4.69, 9.17) is 5.73 Å². The molecule has 6 heteroatoms. The predicted molar refractivity (Wildman–Crippen MR) is 75.0 cm³/mol. The number of carbonyl (C=O) groups is 1. The topological polar surface area (TPSA) is 64.2 Å². The summed E-state index contributed by atoms with van der Waals surface area (Å²) in [7, 11) is 3.61. The minimum absolute atomic E-state index is 0. The second kappa shape index (κ2) is 6.20. The zero-order chi connectivity index (χ0) is 13.2. The summed E-state index contributed by atoms with van der Waals surface area (Å²) in [5.41, 5.74) is 7.05. The van der Waals surface area contributed by atoms with Gasteiger partial charge in [-0.2, -0.15) is 5.10 Å². The molecule has 1 rings (SSSR count). The van der Waals surface area contributed by atoms with Crippen molar-refractivity contribution in [1.82, 2.24) is 14.7 Å². The van der Waals surface area contributed by atoms with Crippen LogP contribution in [0.5, 0.6) is 0 Å². The zero-order valence-corrected chi connectivity index (χ0v) is 12.5. The van der Waals surface area contributed by atoms with Crippen LogP contribution in [0.1, 0.15) is 30.0 Å². The van der Waals surface area contributed by atoms with Crippen molar-refractivity contribution in [2.75, 3.05) is 20.1 Å². The molecule has 5 nitrogen and oxygen atoms in total. The number of nitrogens with zero attached hydrogens (tertiary/aromatic N) is 3. The summed E-state index contributed by atoms with van der Waals surface area (Å²) < 4.78 is 1.70. The molecule has 1 heterocycles. The zero-order valence-electron chi connectivity index (χ0n) is 11.7. The first kappa shape index (κ1) is 16.9. The second-order valence-corrected chi connectivity index (χ2v) is 5.32. The maximum Gasteiger partial charge on any atom is 0.274 e. The Morgan fingerprint density at radius 1 is 1.56 bits per heavy atom. The van der Waals surface area contributed by atoms with Crippen molar-refractivity contribution in [2.24, 2.45) is 18.2 Å². The Kier molecular flexibility index (Phi) is 5.83. The van der Waals surface area contributed by atoms with Crippen LogP contribution in [0.2, 0.25) is 0 Å². The fraction of sp³-hybridized carbons (Fsp3) is 0.667. The SMILES string of the molecule is Cc1cc(C(=O)N(C)CC(C)(C)CN)nn1C.Cl. The molecule has 0 saturated heterocycles. The number of aromatic nitrogens is 2. The molecule has 18 heavy (non-hydrogen) atoms. The molecular formula is C12H23ClN4O. The van der Waals surface area contributed by atoms with Gasteiger partial charge in [0.15, 0.2) is 5.69 Å². The van der Waals surface area contributed by atoms with Crippen molar-refractivity contribution in [2.45, 2.75) is 20.8 Å². The van der Waals surface area contributed by atoms with E-state index in [1.54, 1.807) is 22.7 Å². The number of halogens is 1. The van der Waals surface area contributed by atoms with Crippen molar-refractivity contribution in [3.05, 3.63) is 17.5 Å². The van der Waals surface area contributed by atoms with E-state index in [9.17, 15) is 4.79 Å². The Morgan fingerprint density at radius 3 is 2.50 bits per heavy atom. The van der Waals surface area contributed by atoms with Crippen LogP contribution in [-0.2, 0) is 7.05 Å². The van der Waals surface area contributed by atoms with Gasteiger partial charge in [-0.05, 0) is 24.9 Å². The Bertz CT molecular complexity index is 395. The highest BCUT2D eigenvalue weighted by Crippen LogP contribution is 2.15. The number of hydrogen-bond donors (Lipinski definition) is 1. The minimum atomic E-state index is -0.0752. The first-order valence-electron chi connectivity index (χ1n) is 5.73. The van der Waals surface area contributed by atoms with Gasteiger partial charge in [-0.15, -0.1) is 12.4 Å². The summed E-state index contributed by atoms with van der Waals surface area (Å²) in [6.07, 6.45) is 0. The summed E-state index contributed by atoms with van der Waals surface area (Å²) in [5, 5.41) is 4.18. The van der Waals surface area contributed by atoms with Crippen LogP contribution < -0.4 is 5.73 Å². The third-order valence-corrected chi connectivity index (χ3v) is 2.90. The Morgan fingerprint density at radius 2 is 2.11 bits per heavy atom. The quantitative estimate of drug-likeness (QED) is 0.898. The third-order valence-electron chi connectivity index (χ3n) is 2.90. The maximum atomic E-state index is 12.1. The van der Waals surface area contributed by atoms with Gasteiger partial charge in [0.05, 0.1) is 0 Å². The maximum absolute atomic E-state index is 12.1. The molecule has 0 unspecified atom stereocenters. The van der Waals surface area contributed by atoms with Crippen LogP contribution in [0, 0.1) is 12.3 Å². The van der Waals surface area contributed by atoms with Gasteiger partial charge in [0.2, 0.25) is 0 Å². The van der Waals surface area contributed by atoms with E-state index < -0.39 is 0 Å². The minimum Gasteiger partial charge on any atom is -0.340 e. The van der Waals surface area contributed by atoms with E-state index in [0.29, 0.717) is 18.8 Å². The van der Waals surface area contributed by atoms with Gasteiger partial charge in [0.25, 0.3) is 5.91 Å². The number of nitrogens with two attached hydrogens (primary N) is 1. The molecule has 0 bridgehead atoms. The van der Waals surface area contributed by atoms with Crippen LogP contribution in [-0.4, -0.2) is 40.7 Å².